The SMILES string of the molecule is CC(=O)C(C)(C)COc1ccc(NO)cc1Cc1ccccc1.O=S. The molecule has 0 atom stereocenters. The fourth-order valence-electron chi connectivity index (χ4n) is 2.10. The van der Waals surface area contributed by atoms with Crippen molar-refractivity contribution < 1.29 is 18.9 Å². The van der Waals surface area contributed by atoms with Crippen LogP contribution in [-0.2, 0) is 23.7 Å². The van der Waals surface area contributed by atoms with Crippen LogP contribution in [0.2, 0.25) is 0 Å². The van der Waals surface area contributed by atoms with E-state index in [9.17, 15) is 4.79 Å². The molecule has 25 heavy (non-hydrogen) atoms. The fraction of sp³-hybridized carbons (Fsp3) is 0.316. The van der Waals surface area contributed by atoms with Gasteiger partial charge >= 0.3 is 0 Å². The average molecular weight is 361 g/mol. The molecule has 0 heterocycles. The third-order valence-electron chi connectivity index (χ3n) is 3.97. The van der Waals surface area contributed by atoms with Gasteiger partial charge in [0.1, 0.15) is 18.1 Å². The minimum atomic E-state index is -0.530. The molecule has 0 aromatic heterocycles. The minimum Gasteiger partial charge on any atom is -0.492 e. The van der Waals surface area contributed by atoms with Crippen LogP contribution < -0.4 is 10.2 Å². The Morgan fingerprint density at radius 2 is 1.80 bits per heavy atom. The maximum atomic E-state index is 11.6. The first-order valence-electron chi connectivity index (χ1n) is 7.80. The van der Waals surface area contributed by atoms with Gasteiger partial charge in [-0.15, -0.1) is 0 Å². The summed E-state index contributed by atoms with van der Waals surface area (Å²) in [5, 5.41) is 9.12. The molecule has 0 aliphatic heterocycles. The monoisotopic (exact) mass is 361 g/mol. The summed E-state index contributed by atoms with van der Waals surface area (Å²) in [4.78, 5) is 11.6. The third kappa shape index (κ3) is 6.25. The Hall–Kier alpha value is -2.31. The number of rotatable bonds is 7. The lowest BCUT2D eigenvalue weighted by molar-refractivity contribution is -0.126. The highest BCUT2D eigenvalue weighted by molar-refractivity contribution is 7.44. The van der Waals surface area contributed by atoms with Crippen LogP contribution in [0.4, 0.5) is 5.69 Å². The summed E-state index contributed by atoms with van der Waals surface area (Å²) in [6.45, 7) is 5.63. The standard InChI is InChI=1S/C19H23NO3.OS/c1-14(21)19(2,3)13-23-18-10-9-17(20-22)12-16(18)11-15-7-5-4-6-8-15;1-2/h4-10,12,20,22H,11,13H2,1-3H3;. The number of ether oxygens (including phenoxy) is 1. The topological polar surface area (TPSA) is 75.6 Å². The molecule has 0 bridgehead atoms. The molecule has 0 aliphatic rings. The molecule has 0 saturated carbocycles. The molecular weight excluding hydrogens is 338 g/mol. The highest BCUT2D eigenvalue weighted by Gasteiger charge is 2.25. The molecule has 0 amide bonds. The number of nitrogens with one attached hydrogen (secondary N) is 1. The Morgan fingerprint density at radius 1 is 1.16 bits per heavy atom. The minimum absolute atomic E-state index is 0.0933. The van der Waals surface area contributed by atoms with E-state index in [4.69, 9.17) is 14.2 Å². The van der Waals surface area contributed by atoms with Crippen molar-refractivity contribution in [3.8, 4) is 5.75 Å². The fourth-order valence-corrected chi connectivity index (χ4v) is 2.10. The number of carbonyl (C=O) groups excluding carboxylic acids is 1. The molecular formula is C19H23NO4S. The first kappa shape index (κ1) is 20.7. The van der Waals surface area contributed by atoms with Crippen molar-refractivity contribution in [3.63, 3.8) is 0 Å². The lowest BCUT2D eigenvalue weighted by Crippen LogP contribution is -2.29. The Labute approximate surface area is 153 Å². The van der Waals surface area contributed by atoms with Crippen LogP contribution in [0.25, 0.3) is 0 Å². The van der Waals surface area contributed by atoms with Gasteiger partial charge in [-0.2, -0.15) is 4.21 Å². The number of ketones is 1. The van der Waals surface area contributed by atoms with Crippen molar-refractivity contribution in [2.75, 3.05) is 12.1 Å². The van der Waals surface area contributed by atoms with Crippen molar-refractivity contribution in [2.24, 2.45) is 5.41 Å². The van der Waals surface area contributed by atoms with Crippen LogP contribution in [0.1, 0.15) is 31.9 Å². The lowest BCUT2D eigenvalue weighted by Gasteiger charge is -2.22. The Kier molecular flexibility index (Phi) is 8.18. The van der Waals surface area contributed by atoms with E-state index in [1.807, 2.05) is 56.3 Å². The zero-order valence-electron chi connectivity index (χ0n) is 14.6. The van der Waals surface area contributed by atoms with Gasteiger partial charge in [-0.05, 0) is 44.5 Å². The first-order chi connectivity index (χ1) is 11.9. The zero-order chi connectivity index (χ0) is 18.9. The molecule has 2 aromatic rings. The number of Topliss-reactive ketones (excluding diaryl/α,β-unsaturated/α-hetero) is 1. The summed E-state index contributed by atoms with van der Waals surface area (Å²) < 4.78 is 13.7. The van der Waals surface area contributed by atoms with Gasteiger partial charge in [0.25, 0.3) is 0 Å². The van der Waals surface area contributed by atoms with Crippen molar-refractivity contribution >= 4 is 24.0 Å². The van der Waals surface area contributed by atoms with Gasteiger partial charge in [-0.25, -0.2) is 0 Å². The quantitative estimate of drug-likeness (QED) is 0.732. The first-order valence-corrected chi connectivity index (χ1v) is 8.13. The van der Waals surface area contributed by atoms with Crippen LogP contribution in [0.3, 0.4) is 0 Å². The van der Waals surface area contributed by atoms with E-state index >= 15 is 0 Å². The second-order valence-corrected chi connectivity index (χ2v) is 6.33. The molecule has 0 aliphatic carbocycles. The third-order valence-corrected chi connectivity index (χ3v) is 3.97. The molecule has 0 saturated heterocycles. The summed E-state index contributed by atoms with van der Waals surface area (Å²) in [6, 6.07) is 15.4. The Bertz CT molecular complexity index is 689. The van der Waals surface area contributed by atoms with Gasteiger partial charge in [-0.1, -0.05) is 30.3 Å². The van der Waals surface area contributed by atoms with E-state index in [-0.39, 0.29) is 5.78 Å². The van der Waals surface area contributed by atoms with Crippen LogP contribution >= 0.6 is 0 Å². The van der Waals surface area contributed by atoms with E-state index in [0.29, 0.717) is 18.7 Å². The van der Waals surface area contributed by atoms with Crippen molar-refractivity contribution in [1.82, 2.24) is 0 Å². The van der Waals surface area contributed by atoms with E-state index in [2.05, 4.69) is 18.0 Å². The molecule has 2 aromatic carbocycles. The van der Waals surface area contributed by atoms with Crippen molar-refractivity contribution in [3.05, 3.63) is 59.7 Å². The van der Waals surface area contributed by atoms with Crippen molar-refractivity contribution in [1.29, 1.82) is 0 Å². The van der Waals surface area contributed by atoms with Crippen LogP contribution in [0, 0.1) is 5.41 Å². The van der Waals surface area contributed by atoms with Crippen LogP contribution in [-0.4, -0.2) is 21.8 Å². The summed E-state index contributed by atoms with van der Waals surface area (Å²) in [6.07, 6.45) is 0.687. The van der Waals surface area contributed by atoms with Crippen LogP contribution in [0.5, 0.6) is 5.75 Å². The highest BCUT2D eigenvalue weighted by Crippen LogP contribution is 2.27. The molecule has 134 valence electrons. The zero-order valence-corrected chi connectivity index (χ0v) is 15.4. The molecule has 6 heteroatoms. The Balaban J connectivity index is 0.00000151. The number of hydrogen-bond donors (Lipinski definition) is 2. The predicted molar refractivity (Wildman–Crippen MR) is 99.2 cm³/mol. The summed E-state index contributed by atoms with van der Waals surface area (Å²) in [5.74, 6) is 0.818. The Morgan fingerprint density at radius 3 is 2.36 bits per heavy atom. The van der Waals surface area contributed by atoms with E-state index in [1.54, 1.807) is 13.0 Å². The maximum absolute atomic E-state index is 11.6. The molecule has 0 radical (unpaired) electrons. The van der Waals surface area contributed by atoms with Gasteiger partial charge in [0.15, 0.2) is 12.5 Å². The van der Waals surface area contributed by atoms with Crippen LogP contribution in [0.15, 0.2) is 48.5 Å². The second-order valence-electron chi connectivity index (χ2n) is 6.33. The average Bonchev–Trinajstić information content (AvgIpc) is 2.63. The van der Waals surface area contributed by atoms with Gasteiger partial charge in [0.2, 0.25) is 0 Å². The van der Waals surface area contributed by atoms with Gasteiger partial charge in [-0.3, -0.25) is 15.5 Å². The van der Waals surface area contributed by atoms with E-state index in [0.717, 1.165) is 16.9 Å². The van der Waals surface area contributed by atoms with E-state index in [1.165, 1.54) is 0 Å². The molecule has 2 rings (SSSR count). The largest absolute Gasteiger partial charge is 0.492 e. The number of anilines is 1. The summed E-state index contributed by atoms with van der Waals surface area (Å²) >= 11 is 2.83. The molecule has 0 unspecified atom stereocenters. The number of benzene rings is 2. The molecule has 0 fully saturated rings. The molecule has 5 nitrogen and oxygen atoms in total. The van der Waals surface area contributed by atoms with Gasteiger partial charge in [0, 0.05) is 12.0 Å². The smallest absolute Gasteiger partial charge is 0.197 e. The number of carbonyl (C=O) groups is 1. The molecule has 0 spiro atoms. The van der Waals surface area contributed by atoms with Gasteiger partial charge in [0.05, 0.1) is 11.1 Å². The summed E-state index contributed by atoms with van der Waals surface area (Å²) in [7, 11) is 0. The predicted octanol–water partition coefficient (Wildman–Crippen LogP) is 3.74. The van der Waals surface area contributed by atoms with Gasteiger partial charge < -0.3 is 4.74 Å². The maximum Gasteiger partial charge on any atom is 0.197 e. The normalized spacial score (nSPS) is 10.4. The summed E-state index contributed by atoms with van der Waals surface area (Å²) in [5.41, 5.74) is 4.34. The van der Waals surface area contributed by atoms with E-state index < -0.39 is 5.41 Å². The lowest BCUT2D eigenvalue weighted by atomic mass is 9.90. The molecule has 2 N–H and O–H groups in total. The van der Waals surface area contributed by atoms with Crippen molar-refractivity contribution in [2.45, 2.75) is 27.2 Å². The highest BCUT2D eigenvalue weighted by atomic mass is 32.1. The number of hydrogen-bond acceptors (Lipinski definition) is 6. The second kappa shape index (κ2) is 9.86.